The van der Waals surface area contributed by atoms with Gasteiger partial charge in [-0.15, -0.1) is 0 Å². The lowest BCUT2D eigenvalue weighted by Gasteiger charge is -2.06. The van der Waals surface area contributed by atoms with E-state index in [0.29, 0.717) is 6.54 Å². The van der Waals surface area contributed by atoms with Crippen LogP contribution in [0.2, 0.25) is 0 Å². The maximum absolute atomic E-state index is 11.5. The van der Waals surface area contributed by atoms with Crippen molar-refractivity contribution in [2.75, 3.05) is 18.4 Å². The van der Waals surface area contributed by atoms with Gasteiger partial charge in [0.25, 0.3) is 5.82 Å². The molecule has 1 aromatic heterocycles. The number of aromatic amines is 1. The summed E-state index contributed by atoms with van der Waals surface area (Å²) in [5, 5.41) is 7.55. The van der Waals surface area contributed by atoms with E-state index in [1.807, 2.05) is 0 Å². The molecule has 0 bridgehead atoms. The second-order valence-electron chi connectivity index (χ2n) is 5.91. The molecule has 1 aliphatic carbocycles. The summed E-state index contributed by atoms with van der Waals surface area (Å²) in [5.41, 5.74) is 3.57. The molecule has 1 fully saturated rings. The number of carbonyl (C=O) groups excluding carboxylic acids is 1. The van der Waals surface area contributed by atoms with Crippen molar-refractivity contribution in [1.29, 1.82) is 0 Å². The number of anilines is 1. The fraction of sp³-hybridized carbons (Fsp3) is 0.412. The Hall–Kier alpha value is -2.10. The zero-order chi connectivity index (χ0) is 14.8. The Morgan fingerprint density at radius 3 is 2.81 bits per heavy atom. The quantitative estimate of drug-likeness (QED) is 0.827. The number of amides is 1. The van der Waals surface area contributed by atoms with Gasteiger partial charge >= 0.3 is 0 Å². The number of hydrogen-bond acceptors (Lipinski definition) is 2. The summed E-state index contributed by atoms with van der Waals surface area (Å²) in [7, 11) is 0. The highest BCUT2D eigenvalue weighted by molar-refractivity contribution is 5.81. The lowest BCUT2D eigenvalue weighted by Crippen LogP contribution is -2.31. The van der Waals surface area contributed by atoms with Crippen LogP contribution in [0.1, 0.15) is 24.0 Å². The van der Waals surface area contributed by atoms with Crippen molar-refractivity contribution in [3.05, 3.63) is 35.4 Å². The van der Waals surface area contributed by atoms with Crippen LogP contribution >= 0.6 is 0 Å². The van der Waals surface area contributed by atoms with Gasteiger partial charge in [-0.3, -0.25) is 10.1 Å². The van der Waals surface area contributed by atoms with Crippen molar-refractivity contribution in [1.82, 2.24) is 5.32 Å². The Bertz CT molecular complexity index is 677. The van der Waals surface area contributed by atoms with Crippen LogP contribution in [-0.4, -0.2) is 19.0 Å². The molecule has 0 aliphatic heterocycles. The predicted octanol–water partition coefficient (Wildman–Crippen LogP) is 2.21. The first kappa shape index (κ1) is 13.9. The number of pyridine rings is 1. The van der Waals surface area contributed by atoms with Gasteiger partial charge in [0.1, 0.15) is 12.1 Å². The number of fused-ring (bicyclic) bond motifs is 1. The van der Waals surface area contributed by atoms with Crippen molar-refractivity contribution in [2.24, 2.45) is 5.92 Å². The Labute approximate surface area is 125 Å². The number of benzene rings is 1. The van der Waals surface area contributed by atoms with Crippen LogP contribution in [0.15, 0.2) is 24.3 Å². The lowest BCUT2D eigenvalue weighted by atomic mass is 10.1. The first-order valence-electron chi connectivity index (χ1n) is 7.58. The molecule has 1 heterocycles. The summed E-state index contributed by atoms with van der Waals surface area (Å²) in [6.07, 6.45) is 2.10. The minimum Gasteiger partial charge on any atom is -0.352 e. The molecule has 0 spiro atoms. The van der Waals surface area contributed by atoms with E-state index in [1.165, 1.54) is 16.5 Å². The molecule has 3 N–H and O–H groups in total. The predicted molar refractivity (Wildman–Crippen MR) is 84.2 cm³/mol. The Kier molecular flexibility index (Phi) is 3.78. The summed E-state index contributed by atoms with van der Waals surface area (Å²) in [6.45, 7) is 5.58. The molecule has 3 rings (SSSR count). The summed E-state index contributed by atoms with van der Waals surface area (Å²) in [5.74, 6) is 1.50. The van der Waals surface area contributed by atoms with Crippen molar-refractivity contribution in [3.8, 4) is 0 Å². The zero-order valence-electron chi connectivity index (χ0n) is 12.6. The largest absolute Gasteiger partial charge is 0.352 e. The van der Waals surface area contributed by atoms with Crippen molar-refractivity contribution < 1.29 is 9.78 Å². The molecule has 4 heteroatoms. The highest BCUT2D eigenvalue weighted by atomic mass is 16.2. The fourth-order valence-corrected chi connectivity index (χ4v) is 2.50. The SMILES string of the molecule is Cc1ccc2[nH+]c(NCCNC(=O)C3CC3)c(C)cc2c1. The minimum absolute atomic E-state index is 0.200. The number of H-pyrrole nitrogens is 1. The number of rotatable bonds is 5. The smallest absolute Gasteiger partial charge is 0.275 e. The van der Waals surface area contributed by atoms with Gasteiger partial charge in [-0.05, 0) is 44.9 Å². The number of hydrogen-bond donors (Lipinski definition) is 2. The standard InChI is InChI=1S/C17H21N3O/c1-11-3-6-15-14(9-11)10-12(2)16(20-15)18-7-8-19-17(21)13-4-5-13/h3,6,9-10,13H,4-5,7-8H2,1-2H3,(H,18,20)(H,19,21)/p+1. The first-order valence-corrected chi connectivity index (χ1v) is 7.58. The van der Waals surface area contributed by atoms with E-state index in [9.17, 15) is 4.79 Å². The van der Waals surface area contributed by atoms with Crippen LogP contribution in [0, 0.1) is 19.8 Å². The molecule has 0 unspecified atom stereocenters. The topological polar surface area (TPSA) is 55.3 Å². The molecule has 1 aliphatic rings. The van der Waals surface area contributed by atoms with Crippen molar-refractivity contribution in [3.63, 3.8) is 0 Å². The second-order valence-corrected chi connectivity index (χ2v) is 5.91. The van der Waals surface area contributed by atoms with Crippen LogP contribution in [0.5, 0.6) is 0 Å². The highest BCUT2D eigenvalue weighted by Gasteiger charge is 2.29. The van der Waals surface area contributed by atoms with Crippen LogP contribution in [0.4, 0.5) is 5.82 Å². The van der Waals surface area contributed by atoms with Gasteiger partial charge in [0.2, 0.25) is 5.91 Å². The van der Waals surface area contributed by atoms with Gasteiger partial charge in [0.05, 0.1) is 6.54 Å². The average molecular weight is 284 g/mol. The van der Waals surface area contributed by atoms with E-state index in [1.54, 1.807) is 0 Å². The van der Waals surface area contributed by atoms with Crippen LogP contribution in [0.25, 0.3) is 10.9 Å². The molecule has 2 aromatic rings. The van der Waals surface area contributed by atoms with Crippen molar-refractivity contribution in [2.45, 2.75) is 26.7 Å². The fourth-order valence-electron chi connectivity index (χ4n) is 2.50. The third-order valence-corrected chi connectivity index (χ3v) is 3.91. The van der Waals surface area contributed by atoms with E-state index in [-0.39, 0.29) is 11.8 Å². The van der Waals surface area contributed by atoms with Gasteiger partial charge in [-0.1, -0.05) is 11.6 Å². The maximum atomic E-state index is 11.5. The molecule has 4 nitrogen and oxygen atoms in total. The van der Waals surface area contributed by atoms with Crippen molar-refractivity contribution >= 4 is 22.6 Å². The van der Waals surface area contributed by atoms with Gasteiger partial charge in [-0.2, -0.15) is 0 Å². The zero-order valence-corrected chi connectivity index (χ0v) is 12.6. The number of nitrogens with one attached hydrogen (secondary N) is 3. The maximum Gasteiger partial charge on any atom is 0.275 e. The molecule has 0 saturated heterocycles. The summed E-state index contributed by atoms with van der Waals surface area (Å²) >= 11 is 0. The van der Waals surface area contributed by atoms with E-state index in [0.717, 1.165) is 30.7 Å². The molecular weight excluding hydrogens is 262 g/mol. The van der Waals surface area contributed by atoms with E-state index >= 15 is 0 Å². The van der Waals surface area contributed by atoms with Crippen LogP contribution in [-0.2, 0) is 4.79 Å². The monoisotopic (exact) mass is 284 g/mol. The van der Waals surface area contributed by atoms with E-state index in [2.05, 4.69) is 53.7 Å². The van der Waals surface area contributed by atoms with Crippen LogP contribution in [0.3, 0.4) is 0 Å². The normalized spacial score (nSPS) is 14.2. The Balaban J connectivity index is 1.61. The number of carbonyl (C=O) groups is 1. The summed E-state index contributed by atoms with van der Waals surface area (Å²) < 4.78 is 0. The lowest BCUT2D eigenvalue weighted by molar-refractivity contribution is -0.327. The molecule has 0 radical (unpaired) electrons. The summed E-state index contributed by atoms with van der Waals surface area (Å²) in [6, 6.07) is 8.57. The van der Waals surface area contributed by atoms with Gasteiger partial charge in [-0.25, -0.2) is 4.98 Å². The number of aromatic nitrogens is 1. The van der Waals surface area contributed by atoms with E-state index < -0.39 is 0 Å². The van der Waals surface area contributed by atoms with Gasteiger partial charge < -0.3 is 5.32 Å². The molecule has 1 amide bonds. The van der Waals surface area contributed by atoms with E-state index in [4.69, 9.17) is 0 Å². The molecular formula is C17H22N3O+. The molecule has 110 valence electrons. The van der Waals surface area contributed by atoms with Gasteiger partial charge in [0.15, 0.2) is 0 Å². The molecule has 0 atom stereocenters. The average Bonchev–Trinajstić information content (AvgIpc) is 3.28. The first-order chi connectivity index (χ1) is 10.1. The Morgan fingerprint density at radius 1 is 1.24 bits per heavy atom. The number of aryl methyl sites for hydroxylation is 2. The van der Waals surface area contributed by atoms with Gasteiger partial charge in [0, 0.05) is 16.9 Å². The van der Waals surface area contributed by atoms with Crippen LogP contribution < -0.4 is 15.6 Å². The Morgan fingerprint density at radius 2 is 2.05 bits per heavy atom. The molecule has 21 heavy (non-hydrogen) atoms. The summed E-state index contributed by atoms with van der Waals surface area (Å²) in [4.78, 5) is 15.0. The third-order valence-electron chi connectivity index (χ3n) is 3.91. The molecule has 1 saturated carbocycles. The highest BCUT2D eigenvalue weighted by Crippen LogP contribution is 2.28. The third kappa shape index (κ3) is 3.32. The second kappa shape index (κ2) is 5.72. The minimum atomic E-state index is 0.200. The molecule has 1 aromatic carbocycles.